The molecule has 6 nitrogen and oxygen atoms in total. The lowest BCUT2D eigenvalue weighted by molar-refractivity contribution is -0.123. The third-order valence-electron chi connectivity index (χ3n) is 3.94. The van der Waals surface area contributed by atoms with Gasteiger partial charge in [-0.25, -0.2) is 5.43 Å². The van der Waals surface area contributed by atoms with Crippen LogP contribution in [0.4, 0.5) is 0 Å². The molecule has 1 aromatic heterocycles. The molecule has 0 bridgehead atoms. The maximum absolute atomic E-state index is 11.9. The average Bonchev–Trinajstić information content (AvgIpc) is 3.16. The number of amides is 1. The molecule has 0 saturated carbocycles. The van der Waals surface area contributed by atoms with E-state index >= 15 is 0 Å². The summed E-state index contributed by atoms with van der Waals surface area (Å²) in [5, 5.41) is 4.97. The van der Waals surface area contributed by atoms with Crippen molar-refractivity contribution in [1.82, 2.24) is 5.43 Å². The first-order valence-electron chi connectivity index (χ1n) is 8.61. The molecule has 0 unspecified atom stereocenters. The van der Waals surface area contributed by atoms with Crippen molar-refractivity contribution in [2.24, 2.45) is 5.10 Å². The predicted molar refractivity (Wildman–Crippen MR) is 113 cm³/mol. The molecule has 0 aliphatic rings. The minimum absolute atomic E-state index is 0.173. The Morgan fingerprint density at radius 2 is 1.93 bits per heavy atom. The van der Waals surface area contributed by atoms with E-state index < -0.39 is 5.91 Å². The van der Waals surface area contributed by atoms with Crippen molar-refractivity contribution in [3.63, 3.8) is 0 Å². The van der Waals surface area contributed by atoms with Gasteiger partial charge in [0.2, 0.25) is 0 Å². The molecule has 8 heteroatoms. The van der Waals surface area contributed by atoms with Crippen LogP contribution in [0.5, 0.6) is 11.5 Å². The number of hydrazone groups is 1. The van der Waals surface area contributed by atoms with E-state index in [0.717, 1.165) is 11.1 Å². The summed E-state index contributed by atoms with van der Waals surface area (Å²) in [6.45, 7) is 1.68. The van der Waals surface area contributed by atoms with Crippen molar-refractivity contribution in [3.05, 3.63) is 69.9 Å². The summed E-state index contributed by atoms with van der Waals surface area (Å²) in [4.78, 5) is 11.9. The van der Waals surface area contributed by atoms with Gasteiger partial charge < -0.3 is 13.9 Å². The normalized spacial score (nSPS) is 10.9. The van der Waals surface area contributed by atoms with Gasteiger partial charge in [0.25, 0.3) is 5.91 Å². The quantitative estimate of drug-likeness (QED) is 0.416. The van der Waals surface area contributed by atoms with Crippen LogP contribution in [-0.2, 0) is 4.79 Å². The molecular weight excluding hydrogens is 415 g/mol. The molecule has 29 heavy (non-hydrogen) atoms. The topological polar surface area (TPSA) is 73.1 Å². The first-order valence-corrected chi connectivity index (χ1v) is 9.36. The Balaban J connectivity index is 1.54. The lowest BCUT2D eigenvalue weighted by Gasteiger charge is -2.08. The fraction of sp³-hybridized carbons (Fsp3) is 0.143. The van der Waals surface area contributed by atoms with E-state index in [2.05, 4.69) is 10.5 Å². The lowest BCUT2D eigenvalue weighted by atomic mass is 10.2. The summed E-state index contributed by atoms with van der Waals surface area (Å²) in [6, 6.07) is 14.0. The van der Waals surface area contributed by atoms with Gasteiger partial charge in [0, 0.05) is 10.6 Å². The highest BCUT2D eigenvalue weighted by molar-refractivity contribution is 6.32. The molecule has 3 rings (SSSR count). The van der Waals surface area contributed by atoms with Crippen molar-refractivity contribution in [1.29, 1.82) is 0 Å². The van der Waals surface area contributed by atoms with E-state index in [1.807, 2.05) is 13.0 Å². The highest BCUT2D eigenvalue weighted by Crippen LogP contribution is 2.30. The number of rotatable bonds is 7. The first kappa shape index (κ1) is 20.8. The molecule has 0 spiro atoms. The SMILES string of the molecule is COc1ccc(-c2ccc(/C=N\NC(=O)COc3ccc(Cl)cc3C)o2)cc1Cl. The number of hydrogen-bond acceptors (Lipinski definition) is 5. The summed E-state index contributed by atoms with van der Waals surface area (Å²) < 4.78 is 16.3. The molecular formula is C21H18Cl2N2O4. The Morgan fingerprint density at radius 1 is 1.14 bits per heavy atom. The van der Waals surface area contributed by atoms with Gasteiger partial charge in [0.15, 0.2) is 6.61 Å². The summed E-state index contributed by atoms with van der Waals surface area (Å²) >= 11 is 12.0. The Morgan fingerprint density at radius 3 is 2.66 bits per heavy atom. The highest BCUT2D eigenvalue weighted by Gasteiger charge is 2.08. The molecule has 0 atom stereocenters. The van der Waals surface area contributed by atoms with Crippen molar-refractivity contribution in [3.8, 4) is 22.8 Å². The smallest absolute Gasteiger partial charge is 0.277 e. The Kier molecular flexibility index (Phi) is 6.80. The molecule has 150 valence electrons. The van der Waals surface area contributed by atoms with Gasteiger partial charge in [0.05, 0.1) is 18.3 Å². The predicted octanol–water partition coefficient (Wildman–Crippen LogP) is 5.10. The second kappa shape index (κ2) is 9.49. The second-order valence-electron chi connectivity index (χ2n) is 6.04. The van der Waals surface area contributed by atoms with Gasteiger partial charge in [-0.3, -0.25) is 4.79 Å². The number of ether oxygens (including phenoxy) is 2. The fourth-order valence-electron chi connectivity index (χ4n) is 2.52. The Labute approximate surface area is 178 Å². The molecule has 0 aliphatic heterocycles. The number of halogens is 2. The monoisotopic (exact) mass is 432 g/mol. The van der Waals surface area contributed by atoms with Crippen LogP contribution < -0.4 is 14.9 Å². The third-order valence-corrected chi connectivity index (χ3v) is 4.47. The number of carbonyl (C=O) groups excluding carboxylic acids is 1. The zero-order valence-corrected chi connectivity index (χ0v) is 17.3. The van der Waals surface area contributed by atoms with Crippen LogP contribution in [-0.4, -0.2) is 25.8 Å². The number of benzene rings is 2. The van der Waals surface area contributed by atoms with E-state index in [1.165, 1.54) is 6.21 Å². The van der Waals surface area contributed by atoms with Crippen molar-refractivity contribution in [2.75, 3.05) is 13.7 Å². The van der Waals surface area contributed by atoms with Gasteiger partial charge in [-0.05, 0) is 61.0 Å². The van der Waals surface area contributed by atoms with Crippen LogP contribution in [0.25, 0.3) is 11.3 Å². The molecule has 0 radical (unpaired) electrons. The maximum Gasteiger partial charge on any atom is 0.277 e. The zero-order chi connectivity index (χ0) is 20.8. The van der Waals surface area contributed by atoms with E-state index in [9.17, 15) is 4.79 Å². The summed E-state index contributed by atoms with van der Waals surface area (Å²) in [7, 11) is 1.55. The van der Waals surface area contributed by atoms with Gasteiger partial charge in [-0.1, -0.05) is 23.2 Å². The van der Waals surface area contributed by atoms with E-state index in [0.29, 0.717) is 33.1 Å². The van der Waals surface area contributed by atoms with Crippen molar-refractivity contribution >= 4 is 35.3 Å². The molecule has 1 heterocycles. The largest absolute Gasteiger partial charge is 0.495 e. The Hall–Kier alpha value is -2.96. The van der Waals surface area contributed by atoms with Gasteiger partial charge >= 0.3 is 0 Å². The van der Waals surface area contributed by atoms with Gasteiger partial charge in [-0.15, -0.1) is 0 Å². The molecule has 0 fully saturated rings. The molecule has 1 amide bonds. The number of hydrogen-bond donors (Lipinski definition) is 1. The number of aryl methyl sites for hydroxylation is 1. The lowest BCUT2D eigenvalue weighted by Crippen LogP contribution is -2.24. The van der Waals surface area contributed by atoms with Crippen molar-refractivity contribution < 1.29 is 18.7 Å². The van der Waals surface area contributed by atoms with E-state index in [1.54, 1.807) is 49.6 Å². The van der Waals surface area contributed by atoms with E-state index in [4.69, 9.17) is 37.1 Å². The van der Waals surface area contributed by atoms with E-state index in [-0.39, 0.29) is 6.61 Å². The minimum Gasteiger partial charge on any atom is -0.495 e. The third kappa shape index (κ3) is 5.53. The van der Waals surface area contributed by atoms with Gasteiger partial charge in [0.1, 0.15) is 23.0 Å². The average molecular weight is 433 g/mol. The van der Waals surface area contributed by atoms with Crippen LogP contribution >= 0.6 is 23.2 Å². The standard InChI is InChI=1S/C21H18Cl2N2O4/c1-13-9-15(22)4-7-18(13)28-12-21(26)25-24-11-16-5-8-19(29-16)14-3-6-20(27-2)17(23)10-14/h3-11H,12H2,1-2H3,(H,25,26)/b24-11-. The summed E-state index contributed by atoms with van der Waals surface area (Å²) in [6.07, 6.45) is 1.40. The first-order chi connectivity index (χ1) is 14.0. The number of furan rings is 1. The van der Waals surface area contributed by atoms with Crippen LogP contribution in [0, 0.1) is 6.92 Å². The highest BCUT2D eigenvalue weighted by atomic mass is 35.5. The Bertz CT molecular complexity index is 1050. The molecule has 2 aromatic carbocycles. The summed E-state index contributed by atoms with van der Waals surface area (Å²) in [5.74, 6) is 1.86. The fourth-order valence-corrected chi connectivity index (χ4v) is 3.00. The number of nitrogens with one attached hydrogen (secondary N) is 1. The van der Waals surface area contributed by atoms with Crippen LogP contribution in [0.15, 0.2) is 58.0 Å². The van der Waals surface area contributed by atoms with Crippen molar-refractivity contribution in [2.45, 2.75) is 6.92 Å². The van der Waals surface area contributed by atoms with Crippen LogP contribution in [0.2, 0.25) is 10.0 Å². The number of methoxy groups -OCH3 is 1. The maximum atomic E-state index is 11.9. The number of carbonyl (C=O) groups is 1. The molecule has 0 saturated heterocycles. The zero-order valence-electron chi connectivity index (χ0n) is 15.7. The van der Waals surface area contributed by atoms with Crippen LogP contribution in [0.1, 0.15) is 11.3 Å². The minimum atomic E-state index is -0.399. The molecule has 1 N–H and O–H groups in total. The second-order valence-corrected chi connectivity index (χ2v) is 6.89. The summed E-state index contributed by atoms with van der Waals surface area (Å²) in [5.41, 5.74) is 4.03. The molecule has 0 aliphatic carbocycles. The van der Waals surface area contributed by atoms with Crippen LogP contribution in [0.3, 0.4) is 0 Å². The molecule has 3 aromatic rings. The van der Waals surface area contributed by atoms with Gasteiger partial charge in [-0.2, -0.15) is 5.10 Å². The number of nitrogens with zero attached hydrogens (tertiary/aromatic N) is 1.